The Morgan fingerprint density at radius 2 is 2.29 bits per heavy atom. The second-order valence-electron chi connectivity index (χ2n) is 5.06. The number of carbonyl (C=O) groups is 1. The Kier molecular flexibility index (Phi) is 6.74. The van der Waals surface area contributed by atoms with Gasteiger partial charge in [0.05, 0.1) is 24.9 Å². The second-order valence-corrected chi connectivity index (χ2v) is 7.12. The van der Waals surface area contributed by atoms with Gasteiger partial charge in [-0.05, 0) is 32.2 Å². The van der Waals surface area contributed by atoms with Gasteiger partial charge in [0, 0.05) is 11.9 Å². The fourth-order valence-corrected chi connectivity index (χ4v) is 3.64. The molecule has 0 radical (unpaired) electrons. The smallest absolute Gasteiger partial charge is 0.350 e. The lowest BCUT2D eigenvalue weighted by Crippen LogP contribution is -2.38. The van der Waals surface area contributed by atoms with Crippen LogP contribution >= 0.6 is 22.7 Å². The topological polar surface area (TPSA) is 75.6 Å². The zero-order valence-corrected chi connectivity index (χ0v) is 15.9. The first-order chi connectivity index (χ1) is 11.5. The van der Waals surface area contributed by atoms with Crippen LogP contribution in [0.3, 0.4) is 0 Å². The van der Waals surface area contributed by atoms with Crippen LogP contribution in [0.25, 0.3) is 0 Å². The van der Waals surface area contributed by atoms with Crippen molar-refractivity contribution in [3.8, 4) is 0 Å². The van der Waals surface area contributed by atoms with Crippen molar-refractivity contribution >= 4 is 34.6 Å². The van der Waals surface area contributed by atoms with E-state index in [1.165, 1.54) is 16.2 Å². The van der Waals surface area contributed by atoms with Gasteiger partial charge in [-0.2, -0.15) is 0 Å². The van der Waals surface area contributed by atoms with Crippen LogP contribution in [0.2, 0.25) is 0 Å². The van der Waals surface area contributed by atoms with Crippen LogP contribution in [0.5, 0.6) is 0 Å². The molecule has 24 heavy (non-hydrogen) atoms. The van der Waals surface area contributed by atoms with Crippen molar-refractivity contribution in [1.29, 1.82) is 0 Å². The Hall–Kier alpha value is -1.93. The largest absolute Gasteiger partial charge is 0.462 e. The summed E-state index contributed by atoms with van der Waals surface area (Å²) in [5.41, 5.74) is 0.698. The lowest BCUT2D eigenvalue weighted by Gasteiger charge is -2.15. The molecule has 2 N–H and O–H groups in total. The average Bonchev–Trinajstić information content (AvgIpc) is 3.20. The molecule has 0 aliphatic heterocycles. The number of carbonyl (C=O) groups excluding carboxylic acids is 1. The first-order valence-corrected chi connectivity index (χ1v) is 9.38. The van der Waals surface area contributed by atoms with Gasteiger partial charge in [-0.1, -0.05) is 6.07 Å². The Morgan fingerprint density at radius 3 is 2.92 bits per heavy atom. The SMILES string of the molecule is CCOC(=O)c1sc(C(C)NC(=NC)NCc2cccs2)nc1C. The van der Waals surface area contributed by atoms with Crippen LogP contribution in [0.1, 0.15) is 45.1 Å². The lowest BCUT2D eigenvalue weighted by molar-refractivity contribution is 0.0531. The van der Waals surface area contributed by atoms with Crippen molar-refractivity contribution in [2.24, 2.45) is 4.99 Å². The van der Waals surface area contributed by atoms with Gasteiger partial charge in [0.1, 0.15) is 9.88 Å². The number of aryl methyl sites for hydroxylation is 1. The standard InChI is InChI=1S/C16H22N4O2S2/c1-5-22-15(21)13-10(2)19-14(24-13)11(3)20-16(17-4)18-9-12-7-6-8-23-12/h6-8,11H,5,9H2,1-4H3,(H2,17,18,20). The van der Waals surface area contributed by atoms with Gasteiger partial charge >= 0.3 is 5.97 Å². The van der Waals surface area contributed by atoms with Crippen molar-refractivity contribution in [3.63, 3.8) is 0 Å². The van der Waals surface area contributed by atoms with E-state index in [2.05, 4.69) is 26.7 Å². The van der Waals surface area contributed by atoms with E-state index in [4.69, 9.17) is 4.74 Å². The molecule has 130 valence electrons. The van der Waals surface area contributed by atoms with Crippen LogP contribution < -0.4 is 10.6 Å². The van der Waals surface area contributed by atoms with Gasteiger partial charge in [0.2, 0.25) is 0 Å². The molecule has 0 spiro atoms. The number of aromatic nitrogens is 1. The van der Waals surface area contributed by atoms with Crippen LogP contribution in [0, 0.1) is 6.92 Å². The normalized spacial score (nSPS) is 12.8. The molecule has 0 bridgehead atoms. The van der Waals surface area contributed by atoms with Crippen molar-refractivity contribution in [2.75, 3.05) is 13.7 Å². The van der Waals surface area contributed by atoms with Gasteiger partial charge in [-0.25, -0.2) is 9.78 Å². The summed E-state index contributed by atoms with van der Waals surface area (Å²) in [5.74, 6) is 0.382. The maximum absolute atomic E-state index is 11.9. The summed E-state index contributed by atoms with van der Waals surface area (Å²) in [7, 11) is 1.73. The number of ether oxygens (including phenoxy) is 1. The van der Waals surface area contributed by atoms with Crippen LogP contribution in [-0.2, 0) is 11.3 Å². The minimum Gasteiger partial charge on any atom is -0.462 e. The minimum absolute atomic E-state index is 0.0635. The summed E-state index contributed by atoms with van der Waals surface area (Å²) >= 11 is 3.05. The molecule has 0 aromatic carbocycles. The summed E-state index contributed by atoms with van der Waals surface area (Å²) in [4.78, 5) is 22.4. The molecule has 1 atom stereocenters. The number of nitrogens with one attached hydrogen (secondary N) is 2. The van der Waals surface area contributed by atoms with Gasteiger partial charge in [0.15, 0.2) is 5.96 Å². The van der Waals surface area contributed by atoms with E-state index < -0.39 is 0 Å². The Bertz CT molecular complexity index is 695. The van der Waals surface area contributed by atoms with Gasteiger partial charge < -0.3 is 15.4 Å². The molecule has 0 saturated heterocycles. The summed E-state index contributed by atoms with van der Waals surface area (Å²) in [6.45, 7) is 6.68. The van der Waals surface area contributed by atoms with E-state index in [9.17, 15) is 4.79 Å². The third-order valence-corrected chi connectivity index (χ3v) is 5.43. The molecule has 2 rings (SSSR count). The third-order valence-electron chi connectivity index (χ3n) is 3.23. The number of thiophene rings is 1. The molecule has 6 nitrogen and oxygen atoms in total. The van der Waals surface area contributed by atoms with E-state index in [1.807, 2.05) is 25.3 Å². The third kappa shape index (κ3) is 4.78. The molecule has 8 heteroatoms. The van der Waals surface area contributed by atoms with E-state index >= 15 is 0 Å². The van der Waals surface area contributed by atoms with Crippen LogP contribution in [-0.4, -0.2) is 30.6 Å². The highest BCUT2D eigenvalue weighted by atomic mass is 32.1. The number of hydrogen-bond acceptors (Lipinski definition) is 6. The molecular formula is C16H22N4O2S2. The van der Waals surface area contributed by atoms with Crippen LogP contribution in [0.15, 0.2) is 22.5 Å². The molecule has 0 aliphatic rings. The zero-order chi connectivity index (χ0) is 17.5. The number of nitrogens with zero attached hydrogens (tertiary/aromatic N) is 2. The van der Waals surface area contributed by atoms with Gasteiger partial charge in [0.25, 0.3) is 0 Å². The number of thiazole rings is 1. The number of rotatable bonds is 6. The highest BCUT2D eigenvalue weighted by Gasteiger charge is 2.20. The summed E-state index contributed by atoms with van der Waals surface area (Å²) in [6, 6.07) is 4.03. The van der Waals surface area contributed by atoms with Crippen molar-refractivity contribution in [2.45, 2.75) is 33.4 Å². The van der Waals surface area contributed by atoms with Gasteiger partial charge in [-0.3, -0.25) is 4.99 Å². The van der Waals surface area contributed by atoms with Crippen molar-refractivity contribution in [1.82, 2.24) is 15.6 Å². The van der Waals surface area contributed by atoms with E-state index in [1.54, 1.807) is 25.3 Å². The lowest BCUT2D eigenvalue weighted by atomic mass is 10.3. The van der Waals surface area contributed by atoms with Crippen LogP contribution in [0.4, 0.5) is 0 Å². The van der Waals surface area contributed by atoms with E-state index in [0.29, 0.717) is 23.1 Å². The maximum atomic E-state index is 11.9. The Balaban J connectivity index is 1.98. The molecule has 0 saturated carbocycles. The first-order valence-electron chi connectivity index (χ1n) is 7.69. The molecule has 0 aliphatic carbocycles. The minimum atomic E-state index is -0.314. The molecule has 0 amide bonds. The summed E-state index contributed by atoms with van der Waals surface area (Å²) in [5, 5.41) is 9.44. The fraction of sp³-hybridized carbons (Fsp3) is 0.438. The van der Waals surface area contributed by atoms with Crippen molar-refractivity contribution in [3.05, 3.63) is 38.0 Å². The highest BCUT2D eigenvalue weighted by molar-refractivity contribution is 7.13. The predicted molar refractivity (Wildman–Crippen MR) is 98.9 cm³/mol. The predicted octanol–water partition coefficient (Wildman–Crippen LogP) is 3.12. The quantitative estimate of drug-likeness (QED) is 0.467. The molecule has 0 fully saturated rings. The molecule has 2 heterocycles. The number of guanidine groups is 1. The molecule has 1 unspecified atom stereocenters. The molecule has 2 aromatic heterocycles. The number of esters is 1. The molecule has 2 aromatic rings. The maximum Gasteiger partial charge on any atom is 0.350 e. The molecular weight excluding hydrogens is 344 g/mol. The Morgan fingerprint density at radius 1 is 1.50 bits per heavy atom. The number of hydrogen-bond donors (Lipinski definition) is 2. The first kappa shape index (κ1) is 18.4. The monoisotopic (exact) mass is 366 g/mol. The van der Waals surface area contributed by atoms with E-state index in [-0.39, 0.29) is 12.0 Å². The van der Waals surface area contributed by atoms with Crippen molar-refractivity contribution < 1.29 is 9.53 Å². The van der Waals surface area contributed by atoms with Gasteiger partial charge in [-0.15, -0.1) is 22.7 Å². The number of aliphatic imine (C=N–C) groups is 1. The fourth-order valence-electron chi connectivity index (χ4n) is 2.03. The second kappa shape index (κ2) is 8.79. The zero-order valence-electron chi connectivity index (χ0n) is 14.3. The summed E-state index contributed by atoms with van der Waals surface area (Å²) in [6.07, 6.45) is 0. The highest BCUT2D eigenvalue weighted by Crippen LogP contribution is 2.24. The summed E-state index contributed by atoms with van der Waals surface area (Å²) < 4.78 is 5.06. The Labute approximate surface area is 150 Å². The average molecular weight is 367 g/mol. The van der Waals surface area contributed by atoms with E-state index in [0.717, 1.165) is 11.6 Å².